The van der Waals surface area contributed by atoms with Crippen molar-refractivity contribution in [3.8, 4) is 0 Å². The molecule has 2 saturated carbocycles. The first-order chi connectivity index (χ1) is 14.0. The summed E-state index contributed by atoms with van der Waals surface area (Å²) in [5.74, 6) is 0.681. The highest BCUT2D eigenvalue weighted by atomic mass is 16.5. The molecule has 29 heavy (non-hydrogen) atoms. The molecule has 5 heteroatoms. The number of hydrogen-bond acceptors (Lipinski definition) is 5. The highest BCUT2D eigenvalue weighted by Gasteiger charge is 2.39. The molecule has 2 rings (SSSR count). The molecule has 0 spiro atoms. The van der Waals surface area contributed by atoms with Gasteiger partial charge in [-0.25, -0.2) is 0 Å². The summed E-state index contributed by atoms with van der Waals surface area (Å²) in [6.45, 7) is 2.21. The minimum absolute atomic E-state index is 0.139. The van der Waals surface area contributed by atoms with Crippen LogP contribution in [0.5, 0.6) is 0 Å². The molecular weight excluding hydrogens is 368 g/mol. The van der Waals surface area contributed by atoms with Crippen molar-refractivity contribution in [2.45, 2.75) is 96.2 Å². The lowest BCUT2D eigenvalue weighted by molar-refractivity contribution is -0.140. The number of Topliss-reactive ketones (excluding diaryl/α,β-unsaturated/α-hetero) is 1. The highest BCUT2D eigenvalue weighted by molar-refractivity contribution is 5.84. The second kappa shape index (κ2) is 12.5. The normalized spacial score (nSPS) is 30.9. The van der Waals surface area contributed by atoms with Gasteiger partial charge in [0.05, 0.1) is 19.3 Å². The van der Waals surface area contributed by atoms with Gasteiger partial charge in [-0.3, -0.25) is 9.59 Å². The predicted molar refractivity (Wildman–Crippen MR) is 113 cm³/mol. The number of carbonyl (C=O) groups is 2. The third kappa shape index (κ3) is 7.53. The van der Waals surface area contributed by atoms with E-state index < -0.39 is 12.2 Å². The smallest absolute Gasteiger partial charge is 0.305 e. The fourth-order valence-electron chi connectivity index (χ4n) is 5.17. The van der Waals surface area contributed by atoms with Gasteiger partial charge in [0.1, 0.15) is 5.78 Å². The van der Waals surface area contributed by atoms with Crippen molar-refractivity contribution >= 4 is 11.8 Å². The average molecular weight is 409 g/mol. The Kier molecular flexibility index (Phi) is 10.4. The molecule has 166 valence electrons. The van der Waals surface area contributed by atoms with Crippen LogP contribution in [-0.2, 0) is 14.3 Å². The molecule has 6 atom stereocenters. The van der Waals surface area contributed by atoms with E-state index in [1.54, 1.807) is 0 Å². The third-order valence-electron chi connectivity index (χ3n) is 6.90. The molecule has 0 aromatic heterocycles. The molecule has 0 aliphatic heterocycles. The minimum atomic E-state index is -0.633. The maximum absolute atomic E-state index is 12.3. The van der Waals surface area contributed by atoms with Crippen molar-refractivity contribution in [3.63, 3.8) is 0 Å². The van der Waals surface area contributed by atoms with Gasteiger partial charge in [0.15, 0.2) is 0 Å². The minimum Gasteiger partial charge on any atom is -0.469 e. The number of methoxy groups -OCH3 is 1. The monoisotopic (exact) mass is 408 g/mol. The second-order valence-electron chi connectivity index (χ2n) is 9.05. The number of aliphatic hydroxyl groups is 2. The molecule has 2 aliphatic rings. The van der Waals surface area contributed by atoms with Gasteiger partial charge in [-0.05, 0) is 37.5 Å². The molecule has 0 heterocycles. The summed E-state index contributed by atoms with van der Waals surface area (Å²) >= 11 is 0. The van der Waals surface area contributed by atoms with Crippen LogP contribution in [0.4, 0.5) is 0 Å². The molecule has 5 nitrogen and oxygen atoms in total. The van der Waals surface area contributed by atoms with Crippen molar-refractivity contribution in [2.75, 3.05) is 7.11 Å². The molecule has 0 saturated heterocycles. The first-order valence-corrected chi connectivity index (χ1v) is 11.6. The molecular formula is C24H40O5. The van der Waals surface area contributed by atoms with Gasteiger partial charge in [-0.2, -0.15) is 0 Å². The van der Waals surface area contributed by atoms with Crippen LogP contribution in [0.15, 0.2) is 12.2 Å². The van der Waals surface area contributed by atoms with Gasteiger partial charge in [0, 0.05) is 24.7 Å². The van der Waals surface area contributed by atoms with Crippen molar-refractivity contribution in [2.24, 2.45) is 23.7 Å². The topological polar surface area (TPSA) is 83.8 Å². The predicted octanol–water partition coefficient (Wildman–Crippen LogP) is 4.20. The van der Waals surface area contributed by atoms with Gasteiger partial charge < -0.3 is 14.9 Å². The van der Waals surface area contributed by atoms with E-state index in [0.717, 1.165) is 50.9 Å². The molecule has 0 aromatic rings. The van der Waals surface area contributed by atoms with Crippen LogP contribution in [0.25, 0.3) is 0 Å². The van der Waals surface area contributed by atoms with Crippen molar-refractivity contribution < 1.29 is 24.5 Å². The fourth-order valence-corrected chi connectivity index (χ4v) is 5.17. The van der Waals surface area contributed by atoms with E-state index in [2.05, 4.69) is 11.7 Å². The summed E-state index contributed by atoms with van der Waals surface area (Å²) in [6, 6.07) is 0. The summed E-state index contributed by atoms with van der Waals surface area (Å²) in [5.41, 5.74) is 0. The Bertz CT molecular complexity index is 543. The van der Waals surface area contributed by atoms with E-state index in [0.29, 0.717) is 12.3 Å². The second-order valence-corrected chi connectivity index (χ2v) is 9.05. The lowest BCUT2D eigenvalue weighted by Gasteiger charge is -2.19. The standard InChI is InChI=1S/C24H40O5/c1-3-8-17-11-12-18(15-17)21(25)14-13-20-19(22(26)16-23(20)27)9-6-4-5-7-10-24(28)29-2/h13-14,17-21,23,25,27H,3-12,15-16H2,1-2H3/t17?,18?,19-,20-,21-,23-/m1/s1. The molecule has 2 unspecified atom stereocenters. The summed E-state index contributed by atoms with van der Waals surface area (Å²) < 4.78 is 4.64. The van der Waals surface area contributed by atoms with Crippen molar-refractivity contribution in [3.05, 3.63) is 12.2 Å². The van der Waals surface area contributed by atoms with Crippen molar-refractivity contribution in [1.82, 2.24) is 0 Å². The Hall–Kier alpha value is -1.20. The molecule has 2 fully saturated rings. The first kappa shape index (κ1) is 24.1. The molecule has 0 amide bonds. The zero-order chi connectivity index (χ0) is 21.2. The number of ketones is 1. The zero-order valence-corrected chi connectivity index (χ0v) is 18.2. The number of esters is 1. The zero-order valence-electron chi connectivity index (χ0n) is 18.2. The summed E-state index contributed by atoms with van der Waals surface area (Å²) in [4.78, 5) is 23.5. The number of ether oxygens (including phenoxy) is 1. The molecule has 0 bridgehead atoms. The van der Waals surface area contributed by atoms with Crippen LogP contribution in [0.3, 0.4) is 0 Å². The van der Waals surface area contributed by atoms with E-state index in [-0.39, 0.29) is 30.0 Å². The molecule has 0 radical (unpaired) electrons. The van der Waals surface area contributed by atoms with E-state index in [4.69, 9.17) is 0 Å². The molecule has 2 N–H and O–H groups in total. The van der Waals surface area contributed by atoms with Gasteiger partial charge in [-0.15, -0.1) is 0 Å². The first-order valence-electron chi connectivity index (χ1n) is 11.6. The van der Waals surface area contributed by atoms with Crippen LogP contribution >= 0.6 is 0 Å². The highest BCUT2D eigenvalue weighted by Crippen LogP contribution is 2.38. The van der Waals surface area contributed by atoms with E-state index >= 15 is 0 Å². The molecule has 0 aromatic carbocycles. The SMILES string of the molecule is CCCC1CCC([C@H](O)C=C[C@H]2[C@H](O)CC(=O)[C@@H]2CCCCCCC(=O)OC)C1. The maximum Gasteiger partial charge on any atom is 0.305 e. The number of rotatable bonds is 12. The Morgan fingerprint density at radius 1 is 1.21 bits per heavy atom. The Balaban J connectivity index is 1.77. The lowest BCUT2D eigenvalue weighted by atomic mass is 9.87. The van der Waals surface area contributed by atoms with Gasteiger partial charge in [0.2, 0.25) is 0 Å². The van der Waals surface area contributed by atoms with Gasteiger partial charge in [-0.1, -0.05) is 57.6 Å². The Morgan fingerprint density at radius 2 is 1.97 bits per heavy atom. The summed E-state index contributed by atoms with van der Waals surface area (Å²) in [6.07, 6.45) is 13.5. The average Bonchev–Trinajstić information content (AvgIpc) is 3.27. The lowest BCUT2D eigenvalue weighted by Crippen LogP contribution is -2.21. The van der Waals surface area contributed by atoms with E-state index in [1.165, 1.54) is 26.4 Å². The van der Waals surface area contributed by atoms with Crippen LogP contribution in [0, 0.1) is 23.7 Å². The summed E-state index contributed by atoms with van der Waals surface area (Å²) in [7, 11) is 1.40. The Labute approximate surface area is 175 Å². The number of carbonyl (C=O) groups excluding carboxylic acids is 2. The fraction of sp³-hybridized carbons (Fsp3) is 0.833. The number of unbranched alkanes of at least 4 members (excludes halogenated alkanes) is 3. The third-order valence-corrected chi connectivity index (χ3v) is 6.90. The number of aliphatic hydroxyl groups excluding tert-OH is 2. The van der Waals surface area contributed by atoms with Crippen LogP contribution in [0.2, 0.25) is 0 Å². The van der Waals surface area contributed by atoms with Crippen LogP contribution in [0.1, 0.15) is 84.0 Å². The quantitative estimate of drug-likeness (QED) is 0.287. The largest absolute Gasteiger partial charge is 0.469 e. The van der Waals surface area contributed by atoms with E-state index in [9.17, 15) is 19.8 Å². The summed E-state index contributed by atoms with van der Waals surface area (Å²) in [5, 5.41) is 20.9. The Morgan fingerprint density at radius 3 is 2.69 bits per heavy atom. The van der Waals surface area contributed by atoms with Gasteiger partial charge >= 0.3 is 5.97 Å². The van der Waals surface area contributed by atoms with Crippen LogP contribution < -0.4 is 0 Å². The van der Waals surface area contributed by atoms with E-state index in [1.807, 2.05) is 12.2 Å². The maximum atomic E-state index is 12.3. The van der Waals surface area contributed by atoms with Crippen molar-refractivity contribution in [1.29, 1.82) is 0 Å². The molecule has 2 aliphatic carbocycles. The van der Waals surface area contributed by atoms with Gasteiger partial charge in [0.25, 0.3) is 0 Å². The number of hydrogen-bond donors (Lipinski definition) is 2. The van der Waals surface area contributed by atoms with Crippen LogP contribution in [-0.4, -0.2) is 41.3 Å².